The molecule has 2 aliphatic carbocycles. The maximum atomic E-state index is 11.1. The second-order valence-corrected chi connectivity index (χ2v) is 6.30. The molecule has 0 saturated heterocycles. The lowest BCUT2D eigenvalue weighted by Gasteiger charge is -2.27. The van der Waals surface area contributed by atoms with Gasteiger partial charge in [0.1, 0.15) is 0 Å². The van der Waals surface area contributed by atoms with Crippen LogP contribution in [0.4, 0.5) is 0 Å². The highest BCUT2D eigenvalue weighted by molar-refractivity contribution is 5.70. The molecule has 2 fully saturated rings. The maximum absolute atomic E-state index is 11.1. The van der Waals surface area contributed by atoms with Crippen molar-refractivity contribution in [2.75, 3.05) is 0 Å². The first-order chi connectivity index (χ1) is 9.72. The third-order valence-electron chi connectivity index (χ3n) is 4.65. The molecule has 2 N–H and O–H groups in total. The Kier molecular flexibility index (Phi) is 4.06. The number of hydrogen-bond acceptors (Lipinski definition) is 2. The molecule has 0 radical (unpaired) electrons. The molecule has 2 atom stereocenters. The SMILES string of the molecule is O=C(O)C1CCCC(NCc2ccc(C3CC3)cc2)C1. The topological polar surface area (TPSA) is 49.3 Å². The normalized spacial score (nSPS) is 26.4. The molecular formula is C17H23NO2. The smallest absolute Gasteiger partial charge is 0.306 e. The first-order valence-electron chi connectivity index (χ1n) is 7.77. The highest BCUT2D eigenvalue weighted by atomic mass is 16.4. The van der Waals surface area contributed by atoms with Gasteiger partial charge in [-0.1, -0.05) is 30.7 Å². The van der Waals surface area contributed by atoms with Gasteiger partial charge in [0.25, 0.3) is 0 Å². The molecule has 3 rings (SSSR count). The number of rotatable bonds is 5. The highest BCUT2D eigenvalue weighted by Gasteiger charge is 2.26. The summed E-state index contributed by atoms with van der Waals surface area (Å²) < 4.78 is 0. The Balaban J connectivity index is 1.49. The van der Waals surface area contributed by atoms with Gasteiger partial charge in [-0.2, -0.15) is 0 Å². The van der Waals surface area contributed by atoms with Gasteiger partial charge in [-0.25, -0.2) is 0 Å². The standard InChI is InChI=1S/C17H23NO2/c19-17(20)15-2-1-3-16(10-15)18-11-12-4-6-13(7-5-12)14-8-9-14/h4-7,14-16,18H,1-3,8-11H2,(H,19,20). The van der Waals surface area contributed by atoms with E-state index in [1.807, 2.05) is 0 Å². The molecule has 0 spiro atoms. The summed E-state index contributed by atoms with van der Waals surface area (Å²) in [5.74, 6) is 0.0236. The van der Waals surface area contributed by atoms with Gasteiger partial charge in [-0.05, 0) is 49.1 Å². The van der Waals surface area contributed by atoms with E-state index >= 15 is 0 Å². The van der Waals surface area contributed by atoms with E-state index in [1.165, 1.54) is 24.0 Å². The summed E-state index contributed by atoms with van der Waals surface area (Å²) in [4.78, 5) is 11.1. The Bertz CT molecular complexity index is 464. The Hall–Kier alpha value is -1.35. The number of benzene rings is 1. The van der Waals surface area contributed by atoms with E-state index in [4.69, 9.17) is 5.11 Å². The summed E-state index contributed by atoms with van der Waals surface area (Å²) >= 11 is 0. The van der Waals surface area contributed by atoms with Crippen LogP contribution in [-0.4, -0.2) is 17.1 Å². The second kappa shape index (κ2) is 5.96. The molecule has 2 aliphatic rings. The number of carbonyl (C=O) groups is 1. The quantitative estimate of drug-likeness (QED) is 0.865. The zero-order chi connectivity index (χ0) is 13.9. The van der Waals surface area contributed by atoms with Gasteiger partial charge in [0.2, 0.25) is 0 Å². The lowest BCUT2D eigenvalue weighted by molar-refractivity contribution is -0.143. The molecular weight excluding hydrogens is 250 g/mol. The number of nitrogens with one attached hydrogen (secondary N) is 1. The largest absolute Gasteiger partial charge is 0.481 e. The minimum absolute atomic E-state index is 0.154. The number of carboxylic acid groups (broad SMARTS) is 1. The summed E-state index contributed by atoms with van der Waals surface area (Å²) in [6, 6.07) is 9.26. The number of carboxylic acids is 1. The van der Waals surface area contributed by atoms with Crippen LogP contribution < -0.4 is 5.32 Å². The predicted octanol–water partition coefficient (Wildman–Crippen LogP) is 3.30. The zero-order valence-electron chi connectivity index (χ0n) is 11.8. The van der Waals surface area contributed by atoms with Gasteiger partial charge in [-0.3, -0.25) is 4.79 Å². The predicted molar refractivity (Wildman–Crippen MR) is 78.6 cm³/mol. The van der Waals surface area contributed by atoms with Gasteiger partial charge in [0.15, 0.2) is 0 Å². The van der Waals surface area contributed by atoms with Crippen LogP contribution in [0.15, 0.2) is 24.3 Å². The van der Waals surface area contributed by atoms with Crippen LogP contribution in [0.2, 0.25) is 0 Å². The van der Waals surface area contributed by atoms with Crippen LogP contribution in [0, 0.1) is 5.92 Å². The second-order valence-electron chi connectivity index (χ2n) is 6.30. The van der Waals surface area contributed by atoms with E-state index in [9.17, 15) is 4.79 Å². The minimum atomic E-state index is -0.634. The Labute approximate surface area is 120 Å². The van der Waals surface area contributed by atoms with Crippen molar-refractivity contribution in [2.45, 2.75) is 57.0 Å². The van der Waals surface area contributed by atoms with Crippen molar-refractivity contribution in [3.8, 4) is 0 Å². The fraction of sp³-hybridized carbons (Fsp3) is 0.588. The summed E-state index contributed by atoms with van der Waals surface area (Å²) in [6.07, 6.45) is 6.42. The summed E-state index contributed by atoms with van der Waals surface area (Å²) in [5, 5.41) is 12.6. The number of aliphatic carboxylic acids is 1. The molecule has 0 amide bonds. The summed E-state index contributed by atoms with van der Waals surface area (Å²) in [5.41, 5.74) is 2.77. The van der Waals surface area contributed by atoms with Gasteiger partial charge in [-0.15, -0.1) is 0 Å². The zero-order valence-corrected chi connectivity index (χ0v) is 11.8. The van der Waals surface area contributed by atoms with Crippen molar-refractivity contribution in [3.63, 3.8) is 0 Å². The van der Waals surface area contributed by atoms with Crippen LogP contribution in [0.1, 0.15) is 55.6 Å². The lowest BCUT2D eigenvalue weighted by atomic mass is 9.86. The fourth-order valence-electron chi connectivity index (χ4n) is 3.19. The van der Waals surface area contributed by atoms with Crippen molar-refractivity contribution in [2.24, 2.45) is 5.92 Å². The van der Waals surface area contributed by atoms with Gasteiger partial charge in [0, 0.05) is 12.6 Å². The average molecular weight is 273 g/mol. The Morgan fingerprint density at radius 3 is 2.55 bits per heavy atom. The molecule has 0 aromatic heterocycles. The van der Waals surface area contributed by atoms with Crippen LogP contribution in [0.3, 0.4) is 0 Å². The molecule has 0 bridgehead atoms. The minimum Gasteiger partial charge on any atom is -0.481 e. The molecule has 3 nitrogen and oxygen atoms in total. The van der Waals surface area contributed by atoms with Crippen molar-refractivity contribution in [3.05, 3.63) is 35.4 Å². The van der Waals surface area contributed by atoms with Crippen LogP contribution in [-0.2, 0) is 11.3 Å². The van der Waals surface area contributed by atoms with Crippen molar-refractivity contribution in [1.29, 1.82) is 0 Å². The summed E-state index contributed by atoms with van der Waals surface area (Å²) in [7, 11) is 0. The first-order valence-corrected chi connectivity index (χ1v) is 7.77. The van der Waals surface area contributed by atoms with E-state index in [2.05, 4.69) is 29.6 Å². The van der Waals surface area contributed by atoms with Crippen molar-refractivity contribution >= 4 is 5.97 Å². The molecule has 3 heteroatoms. The molecule has 0 aliphatic heterocycles. The molecule has 0 heterocycles. The average Bonchev–Trinajstić information content (AvgIpc) is 3.31. The molecule has 20 heavy (non-hydrogen) atoms. The number of hydrogen-bond donors (Lipinski definition) is 2. The molecule has 2 saturated carbocycles. The van der Waals surface area contributed by atoms with Crippen LogP contribution >= 0.6 is 0 Å². The van der Waals surface area contributed by atoms with E-state index in [1.54, 1.807) is 0 Å². The first kappa shape index (κ1) is 13.6. The highest BCUT2D eigenvalue weighted by Crippen LogP contribution is 2.39. The van der Waals surface area contributed by atoms with Gasteiger partial charge in [0.05, 0.1) is 5.92 Å². The lowest BCUT2D eigenvalue weighted by Crippen LogP contribution is -2.36. The van der Waals surface area contributed by atoms with Crippen LogP contribution in [0.25, 0.3) is 0 Å². The monoisotopic (exact) mass is 273 g/mol. The maximum Gasteiger partial charge on any atom is 0.306 e. The summed E-state index contributed by atoms with van der Waals surface area (Å²) in [6.45, 7) is 0.849. The van der Waals surface area contributed by atoms with Crippen molar-refractivity contribution in [1.82, 2.24) is 5.32 Å². The van der Waals surface area contributed by atoms with Crippen LogP contribution in [0.5, 0.6) is 0 Å². The van der Waals surface area contributed by atoms with Gasteiger partial charge >= 0.3 is 5.97 Å². The van der Waals surface area contributed by atoms with E-state index in [-0.39, 0.29) is 5.92 Å². The Morgan fingerprint density at radius 2 is 1.90 bits per heavy atom. The van der Waals surface area contributed by atoms with E-state index < -0.39 is 5.97 Å². The molecule has 108 valence electrons. The van der Waals surface area contributed by atoms with E-state index in [0.29, 0.717) is 6.04 Å². The molecule has 1 aromatic rings. The third kappa shape index (κ3) is 3.40. The molecule has 1 aromatic carbocycles. The Morgan fingerprint density at radius 1 is 1.15 bits per heavy atom. The van der Waals surface area contributed by atoms with Crippen molar-refractivity contribution < 1.29 is 9.90 Å². The fourth-order valence-corrected chi connectivity index (χ4v) is 3.19. The van der Waals surface area contributed by atoms with E-state index in [0.717, 1.165) is 38.1 Å². The third-order valence-corrected chi connectivity index (χ3v) is 4.65. The van der Waals surface area contributed by atoms with Gasteiger partial charge < -0.3 is 10.4 Å². The molecule has 2 unspecified atom stereocenters.